The number of sulfonamides is 1. The van der Waals surface area contributed by atoms with Crippen LogP contribution in [-0.4, -0.2) is 61.8 Å². The topological polar surface area (TPSA) is 168 Å². The third-order valence-corrected chi connectivity index (χ3v) is 11.9. The van der Waals surface area contributed by atoms with Gasteiger partial charge < -0.3 is 10.1 Å². The second-order valence-electron chi connectivity index (χ2n) is 15.3. The Morgan fingerprint density at radius 1 is 1.03 bits per heavy atom. The SMILES string of the molecule is COc1cccc(-c2ccc3c(=O)n(-c4ccc(Cl)c5c(NS(C)(=O)=O)nn(C)c45)c([C@H](Cc4cc(F)cc(F)c4)NC(=O)Cn4nc(C(F)F)c5c4C(F)(F)C4CC54)nc3c2)n1. The Hall–Kier alpha value is -6.48. The molecule has 9 rings (SSSR count). The van der Waals surface area contributed by atoms with Crippen molar-refractivity contribution in [1.29, 1.82) is 0 Å². The van der Waals surface area contributed by atoms with Gasteiger partial charge in [-0.15, -0.1) is 0 Å². The van der Waals surface area contributed by atoms with Gasteiger partial charge in [-0.05, 0) is 60.4 Å². The zero-order chi connectivity index (χ0) is 44.9. The fourth-order valence-corrected chi connectivity index (χ4v) is 9.16. The predicted octanol–water partition coefficient (Wildman–Crippen LogP) is 7.09. The molecule has 2 aliphatic rings. The Labute approximate surface area is 357 Å². The highest BCUT2D eigenvalue weighted by atomic mass is 35.5. The van der Waals surface area contributed by atoms with Gasteiger partial charge in [0.25, 0.3) is 17.9 Å². The molecule has 1 saturated carbocycles. The Morgan fingerprint density at radius 3 is 2.48 bits per heavy atom. The van der Waals surface area contributed by atoms with Crippen molar-refractivity contribution in [3.63, 3.8) is 0 Å². The molecule has 4 aromatic heterocycles. The molecule has 2 aliphatic carbocycles. The Kier molecular flexibility index (Phi) is 10.0. The number of nitrogens with zero attached hydrogens (tertiary/aromatic N) is 7. The molecule has 0 aliphatic heterocycles. The molecule has 0 radical (unpaired) electrons. The molecular weight excluding hydrogens is 880 g/mol. The number of hydrogen-bond acceptors (Lipinski definition) is 9. The first kappa shape index (κ1) is 41.9. The normalized spacial score (nSPS) is 16.9. The minimum Gasteiger partial charge on any atom is -0.481 e. The number of alkyl halides is 4. The quantitative estimate of drug-likeness (QED) is 0.122. The maximum absolute atomic E-state index is 15.5. The van der Waals surface area contributed by atoms with Gasteiger partial charge in [-0.2, -0.15) is 19.0 Å². The number of aromatic nitrogens is 7. The molecular formula is C41H32ClF6N9O5S. The fourth-order valence-electron chi connectivity index (χ4n) is 8.43. The first-order valence-corrected chi connectivity index (χ1v) is 21.3. The van der Waals surface area contributed by atoms with Gasteiger partial charge in [0.2, 0.25) is 21.8 Å². The number of carbonyl (C=O) groups is 1. The number of ether oxygens (including phenoxy) is 1. The van der Waals surface area contributed by atoms with Crippen molar-refractivity contribution in [2.24, 2.45) is 13.0 Å². The maximum atomic E-state index is 15.5. The van der Waals surface area contributed by atoms with E-state index in [1.54, 1.807) is 24.3 Å². The van der Waals surface area contributed by atoms with Gasteiger partial charge in [0, 0.05) is 42.6 Å². The zero-order valence-electron chi connectivity index (χ0n) is 33.0. The van der Waals surface area contributed by atoms with Gasteiger partial charge >= 0.3 is 0 Å². The fraction of sp³-hybridized carbons (Fsp3) is 0.268. The van der Waals surface area contributed by atoms with Gasteiger partial charge in [-0.25, -0.2) is 35.9 Å². The minimum absolute atomic E-state index is 0.00824. The largest absolute Gasteiger partial charge is 0.481 e. The number of nitrogens with one attached hydrogen (secondary N) is 2. The smallest absolute Gasteiger partial charge is 0.293 e. The van der Waals surface area contributed by atoms with E-state index in [4.69, 9.17) is 21.3 Å². The highest BCUT2D eigenvalue weighted by Gasteiger charge is 2.67. The molecule has 22 heteroatoms. The summed E-state index contributed by atoms with van der Waals surface area (Å²) in [7, 11) is -1.03. The summed E-state index contributed by atoms with van der Waals surface area (Å²) in [5.41, 5.74) is -1.67. The van der Waals surface area contributed by atoms with E-state index in [9.17, 15) is 30.8 Å². The van der Waals surface area contributed by atoms with Crippen LogP contribution in [0.2, 0.25) is 5.02 Å². The van der Waals surface area contributed by atoms with Crippen molar-refractivity contribution < 1.29 is 44.3 Å². The van der Waals surface area contributed by atoms with E-state index < -0.39 is 87.7 Å². The van der Waals surface area contributed by atoms with E-state index >= 15 is 13.6 Å². The van der Waals surface area contributed by atoms with Crippen molar-refractivity contribution >= 4 is 55.2 Å². The van der Waals surface area contributed by atoms with Crippen LogP contribution in [0.5, 0.6) is 5.88 Å². The number of fused-ring (bicyclic) bond motifs is 5. The molecule has 3 aromatic carbocycles. The maximum Gasteiger partial charge on any atom is 0.293 e. The van der Waals surface area contributed by atoms with E-state index in [2.05, 4.69) is 25.2 Å². The second-order valence-corrected chi connectivity index (χ2v) is 17.5. The van der Waals surface area contributed by atoms with Crippen molar-refractivity contribution in [3.05, 3.63) is 122 Å². The number of hydrogen-bond donors (Lipinski definition) is 2. The van der Waals surface area contributed by atoms with E-state index in [1.807, 2.05) is 0 Å². The molecule has 2 N–H and O–H groups in total. The number of anilines is 1. The van der Waals surface area contributed by atoms with E-state index in [0.717, 1.165) is 23.0 Å². The number of rotatable bonds is 12. The monoisotopic (exact) mass is 911 g/mol. The van der Waals surface area contributed by atoms with E-state index in [0.29, 0.717) is 22.0 Å². The number of aryl methyl sites for hydroxylation is 1. The lowest BCUT2D eigenvalue weighted by Gasteiger charge is -2.24. The molecule has 4 heterocycles. The van der Waals surface area contributed by atoms with Crippen molar-refractivity contribution in [1.82, 2.24) is 39.4 Å². The van der Waals surface area contributed by atoms with Crippen molar-refractivity contribution in [2.75, 3.05) is 18.1 Å². The van der Waals surface area contributed by atoms with Gasteiger partial charge in [-0.1, -0.05) is 23.7 Å². The summed E-state index contributed by atoms with van der Waals surface area (Å²) in [6.45, 7) is -0.991. The Bertz CT molecular complexity index is 3210. The number of halogens is 7. The lowest BCUT2D eigenvalue weighted by molar-refractivity contribution is -0.123. The van der Waals surface area contributed by atoms with Gasteiger partial charge in [-0.3, -0.25) is 28.2 Å². The van der Waals surface area contributed by atoms with Crippen molar-refractivity contribution in [3.8, 4) is 22.8 Å². The summed E-state index contributed by atoms with van der Waals surface area (Å²) in [6, 6.07) is 13.4. The number of benzene rings is 3. The molecule has 326 valence electrons. The second kappa shape index (κ2) is 15.1. The highest BCUT2D eigenvalue weighted by Crippen LogP contribution is 2.68. The summed E-state index contributed by atoms with van der Waals surface area (Å²) in [5.74, 6) is -8.80. The number of methoxy groups -OCH3 is 1. The van der Waals surface area contributed by atoms with Crippen LogP contribution >= 0.6 is 11.6 Å². The van der Waals surface area contributed by atoms with Crippen LogP contribution in [0.3, 0.4) is 0 Å². The van der Waals surface area contributed by atoms with E-state index in [1.165, 1.54) is 43.1 Å². The van der Waals surface area contributed by atoms with Crippen LogP contribution in [0.25, 0.3) is 38.8 Å². The van der Waals surface area contributed by atoms with Gasteiger partial charge in [0.05, 0.1) is 57.6 Å². The van der Waals surface area contributed by atoms with Crippen LogP contribution < -0.4 is 20.3 Å². The average molecular weight is 912 g/mol. The van der Waals surface area contributed by atoms with Crippen LogP contribution in [0.4, 0.5) is 32.2 Å². The lowest BCUT2D eigenvalue weighted by Crippen LogP contribution is -2.38. The number of carbonyl (C=O) groups excluding carboxylic acids is 1. The number of amides is 1. The Morgan fingerprint density at radius 2 is 1.78 bits per heavy atom. The minimum atomic E-state index is -3.92. The van der Waals surface area contributed by atoms with E-state index in [-0.39, 0.29) is 67.6 Å². The van der Waals surface area contributed by atoms with Gasteiger partial charge in [0.1, 0.15) is 35.4 Å². The Balaban J connectivity index is 1.26. The molecule has 14 nitrogen and oxygen atoms in total. The molecule has 7 aromatic rings. The summed E-state index contributed by atoms with van der Waals surface area (Å²) in [6.07, 6.45) is -2.80. The van der Waals surface area contributed by atoms with Crippen LogP contribution in [-0.2, 0) is 40.8 Å². The van der Waals surface area contributed by atoms with Crippen LogP contribution in [0.15, 0.2) is 71.5 Å². The highest BCUT2D eigenvalue weighted by molar-refractivity contribution is 7.92. The first-order valence-electron chi connectivity index (χ1n) is 19.1. The van der Waals surface area contributed by atoms with Crippen LogP contribution in [0.1, 0.15) is 53.1 Å². The standard InChI is InChI=1S/C41H32ClF6N9O5S/c1-55-35-29(10-9-25(42)33(35)38(53-55)54-63(3,60)61)57-39(51-27-14-19(7-8-22(27)40(57)59)26-5-4-6-31(50-26)62-2)28(13-18-11-20(43)15-21(44)12-18)49-30(58)17-56-36-32(34(52-56)37(45)46)23-16-24(23)41(36,47)48/h4-12,14-15,23-24,28,37H,13,16-17H2,1-3H3,(H,49,58)(H,53,54)/t23?,24?,28-/m0/s1. The molecule has 0 bridgehead atoms. The molecule has 1 fully saturated rings. The summed E-state index contributed by atoms with van der Waals surface area (Å²) >= 11 is 6.63. The zero-order valence-corrected chi connectivity index (χ0v) is 34.6. The molecule has 1 amide bonds. The molecule has 63 heavy (non-hydrogen) atoms. The van der Waals surface area contributed by atoms with Crippen LogP contribution in [0, 0.1) is 17.6 Å². The van der Waals surface area contributed by atoms with Crippen molar-refractivity contribution in [2.45, 2.75) is 43.7 Å². The lowest BCUT2D eigenvalue weighted by atomic mass is 10.0. The average Bonchev–Trinajstić information content (AvgIpc) is 3.75. The molecule has 2 unspecified atom stereocenters. The molecule has 0 saturated heterocycles. The summed E-state index contributed by atoms with van der Waals surface area (Å²) in [4.78, 5) is 38.5. The third kappa shape index (κ3) is 7.41. The first-order chi connectivity index (χ1) is 29.8. The predicted molar refractivity (Wildman–Crippen MR) is 218 cm³/mol. The van der Waals surface area contributed by atoms with Gasteiger partial charge in [0.15, 0.2) is 5.82 Å². The number of pyridine rings is 1. The summed E-state index contributed by atoms with van der Waals surface area (Å²) in [5, 5.41) is 10.8. The third-order valence-electron chi connectivity index (χ3n) is 11.0. The molecule has 3 atom stereocenters. The summed E-state index contributed by atoms with van der Waals surface area (Å²) < 4.78 is 124. The molecule has 0 spiro atoms.